The number of hydrogen-bond donors (Lipinski definition) is 2. The number of methoxy groups -OCH3 is 1. The lowest BCUT2D eigenvalue weighted by atomic mass is 10.1. The van der Waals surface area contributed by atoms with Crippen molar-refractivity contribution in [3.05, 3.63) is 51.8 Å². The molecule has 1 aliphatic rings. The zero-order valence-corrected chi connectivity index (χ0v) is 18.3. The van der Waals surface area contributed by atoms with Crippen LogP contribution < -0.4 is 10.6 Å². The molecule has 0 atom stereocenters. The Kier molecular flexibility index (Phi) is 5.69. The minimum absolute atomic E-state index is 0.205. The molecular formula is C22H22N4O4S. The van der Waals surface area contributed by atoms with Crippen LogP contribution in [-0.2, 0) is 9.53 Å². The summed E-state index contributed by atoms with van der Waals surface area (Å²) in [6.45, 7) is 3.67. The number of rotatable bonds is 6. The summed E-state index contributed by atoms with van der Waals surface area (Å²) in [7, 11) is 1.25. The van der Waals surface area contributed by atoms with Gasteiger partial charge in [0, 0.05) is 22.6 Å². The van der Waals surface area contributed by atoms with Crippen LogP contribution in [0.15, 0.2) is 24.3 Å². The van der Waals surface area contributed by atoms with Gasteiger partial charge in [0.05, 0.1) is 17.7 Å². The number of aryl methyl sites for hydroxylation is 2. The molecule has 1 aliphatic carbocycles. The van der Waals surface area contributed by atoms with E-state index in [1.54, 1.807) is 24.3 Å². The Bertz CT molecular complexity index is 1180. The second-order valence-corrected chi connectivity index (χ2v) is 8.47. The van der Waals surface area contributed by atoms with E-state index in [0.717, 1.165) is 40.1 Å². The van der Waals surface area contributed by atoms with E-state index in [-0.39, 0.29) is 12.5 Å². The van der Waals surface area contributed by atoms with Gasteiger partial charge in [-0.1, -0.05) is 0 Å². The van der Waals surface area contributed by atoms with Gasteiger partial charge in [-0.05, 0) is 56.5 Å². The Labute approximate surface area is 183 Å². The summed E-state index contributed by atoms with van der Waals surface area (Å²) in [6.07, 6.45) is 2.25. The number of aromatic nitrogens is 2. The molecule has 2 aromatic heterocycles. The highest BCUT2D eigenvalue weighted by Gasteiger charge is 2.28. The van der Waals surface area contributed by atoms with Gasteiger partial charge in [-0.3, -0.25) is 14.4 Å². The number of amides is 2. The molecule has 0 unspecified atom stereocenters. The smallest absolute Gasteiger partial charge is 0.325 e. The number of thiophene rings is 1. The molecule has 2 N–H and O–H groups in total. The van der Waals surface area contributed by atoms with Gasteiger partial charge >= 0.3 is 5.97 Å². The number of fused-ring (bicyclic) bond motifs is 1. The predicted molar refractivity (Wildman–Crippen MR) is 118 cm³/mol. The standard InChI is InChI=1S/C22H22N4O4S/c1-11-17-12(2)24-19(13-4-5-13)26-22(17)31-18(11)21(29)25-15-8-6-14(7-9-15)20(28)23-10-16(27)30-3/h6-9,13H,4-5,10H2,1-3H3,(H,23,28)(H,25,29). The fourth-order valence-corrected chi connectivity index (χ4v) is 4.45. The fraction of sp³-hybridized carbons (Fsp3) is 0.318. The third-order valence-corrected chi connectivity index (χ3v) is 6.35. The number of nitrogens with one attached hydrogen (secondary N) is 2. The predicted octanol–water partition coefficient (Wildman–Crippen LogP) is 3.34. The van der Waals surface area contributed by atoms with Crippen molar-refractivity contribution in [1.29, 1.82) is 0 Å². The van der Waals surface area contributed by atoms with Crippen molar-refractivity contribution in [2.45, 2.75) is 32.6 Å². The third-order valence-electron chi connectivity index (χ3n) is 5.16. The van der Waals surface area contributed by atoms with E-state index in [2.05, 4.69) is 25.3 Å². The van der Waals surface area contributed by atoms with Gasteiger partial charge in [-0.25, -0.2) is 9.97 Å². The zero-order chi connectivity index (χ0) is 22.1. The minimum Gasteiger partial charge on any atom is -0.468 e. The lowest BCUT2D eigenvalue weighted by molar-refractivity contribution is -0.139. The number of esters is 1. The number of carbonyl (C=O) groups is 3. The Balaban J connectivity index is 1.48. The maximum Gasteiger partial charge on any atom is 0.325 e. The van der Waals surface area contributed by atoms with Crippen molar-refractivity contribution in [1.82, 2.24) is 15.3 Å². The molecule has 8 nitrogen and oxygen atoms in total. The van der Waals surface area contributed by atoms with Gasteiger partial charge in [0.2, 0.25) is 0 Å². The van der Waals surface area contributed by atoms with Crippen LogP contribution in [0.5, 0.6) is 0 Å². The van der Waals surface area contributed by atoms with Gasteiger partial charge in [0.25, 0.3) is 11.8 Å². The first kappa shape index (κ1) is 20.9. The highest BCUT2D eigenvalue weighted by atomic mass is 32.1. The van der Waals surface area contributed by atoms with Crippen molar-refractivity contribution in [3.8, 4) is 0 Å². The summed E-state index contributed by atoms with van der Waals surface area (Å²) in [5.41, 5.74) is 2.71. The van der Waals surface area contributed by atoms with Crippen LogP contribution in [0.25, 0.3) is 10.2 Å². The van der Waals surface area contributed by atoms with E-state index in [1.807, 2.05) is 13.8 Å². The van der Waals surface area contributed by atoms with Gasteiger partial charge in [-0.15, -0.1) is 11.3 Å². The molecule has 2 amide bonds. The van der Waals surface area contributed by atoms with Crippen LogP contribution in [0.2, 0.25) is 0 Å². The van der Waals surface area contributed by atoms with Crippen LogP contribution in [-0.4, -0.2) is 41.4 Å². The van der Waals surface area contributed by atoms with Crippen molar-refractivity contribution in [3.63, 3.8) is 0 Å². The maximum absolute atomic E-state index is 12.9. The molecule has 1 fully saturated rings. The van der Waals surface area contributed by atoms with E-state index in [4.69, 9.17) is 0 Å². The van der Waals surface area contributed by atoms with Gasteiger partial charge < -0.3 is 15.4 Å². The molecule has 9 heteroatoms. The highest BCUT2D eigenvalue weighted by Crippen LogP contribution is 2.40. The topological polar surface area (TPSA) is 110 Å². The van der Waals surface area contributed by atoms with E-state index >= 15 is 0 Å². The number of nitrogens with zero attached hydrogens (tertiary/aromatic N) is 2. The molecule has 0 aliphatic heterocycles. The van der Waals surface area contributed by atoms with Gasteiger partial charge in [0.1, 0.15) is 17.2 Å². The summed E-state index contributed by atoms with van der Waals surface area (Å²) in [6, 6.07) is 6.45. The number of benzene rings is 1. The minimum atomic E-state index is -0.528. The molecule has 31 heavy (non-hydrogen) atoms. The molecule has 2 heterocycles. The fourth-order valence-electron chi connectivity index (χ4n) is 3.32. The average Bonchev–Trinajstić information content (AvgIpc) is 3.55. The molecule has 160 valence electrons. The molecule has 1 aromatic carbocycles. The van der Waals surface area contributed by atoms with Crippen LogP contribution in [0.4, 0.5) is 5.69 Å². The number of carbonyl (C=O) groups excluding carboxylic acids is 3. The Morgan fingerprint density at radius 2 is 1.81 bits per heavy atom. The average molecular weight is 439 g/mol. The Morgan fingerprint density at radius 1 is 1.10 bits per heavy atom. The van der Waals surface area contributed by atoms with E-state index in [1.165, 1.54) is 18.4 Å². The highest BCUT2D eigenvalue weighted by molar-refractivity contribution is 7.20. The van der Waals surface area contributed by atoms with E-state index in [0.29, 0.717) is 22.0 Å². The summed E-state index contributed by atoms with van der Waals surface area (Å²) >= 11 is 1.37. The van der Waals surface area contributed by atoms with Crippen LogP contribution in [0, 0.1) is 13.8 Å². The third kappa shape index (κ3) is 4.41. The number of ether oxygens (including phenoxy) is 1. The second-order valence-electron chi connectivity index (χ2n) is 7.47. The van der Waals surface area contributed by atoms with Crippen molar-refractivity contribution < 1.29 is 19.1 Å². The lowest BCUT2D eigenvalue weighted by Crippen LogP contribution is -2.30. The summed E-state index contributed by atoms with van der Waals surface area (Å²) in [5.74, 6) is 0.172. The molecule has 3 aromatic rings. The van der Waals surface area contributed by atoms with E-state index < -0.39 is 11.9 Å². The first-order valence-corrected chi connectivity index (χ1v) is 10.7. The SMILES string of the molecule is COC(=O)CNC(=O)c1ccc(NC(=O)c2sc3nc(C4CC4)nc(C)c3c2C)cc1. The normalized spacial score (nSPS) is 13.1. The summed E-state index contributed by atoms with van der Waals surface area (Å²) < 4.78 is 4.49. The number of hydrogen-bond acceptors (Lipinski definition) is 7. The Hall–Kier alpha value is -3.33. The molecule has 0 spiro atoms. The summed E-state index contributed by atoms with van der Waals surface area (Å²) in [5, 5.41) is 6.28. The molecule has 1 saturated carbocycles. The lowest BCUT2D eigenvalue weighted by Gasteiger charge is -2.07. The monoisotopic (exact) mass is 438 g/mol. The van der Waals surface area contributed by atoms with Crippen LogP contribution in [0.3, 0.4) is 0 Å². The largest absolute Gasteiger partial charge is 0.468 e. The first-order chi connectivity index (χ1) is 14.9. The van der Waals surface area contributed by atoms with E-state index in [9.17, 15) is 14.4 Å². The zero-order valence-electron chi connectivity index (χ0n) is 17.4. The van der Waals surface area contributed by atoms with Gasteiger partial charge in [-0.2, -0.15) is 0 Å². The molecule has 4 rings (SSSR count). The van der Waals surface area contributed by atoms with Crippen molar-refractivity contribution in [2.75, 3.05) is 19.0 Å². The van der Waals surface area contributed by atoms with Crippen molar-refractivity contribution >= 4 is 45.0 Å². The van der Waals surface area contributed by atoms with Crippen LogP contribution in [0.1, 0.15) is 55.9 Å². The maximum atomic E-state index is 12.9. The summed E-state index contributed by atoms with van der Waals surface area (Å²) in [4.78, 5) is 46.9. The quantitative estimate of drug-likeness (QED) is 0.571. The molecule has 0 saturated heterocycles. The molecule has 0 radical (unpaired) electrons. The van der Waals surface area contributed by atoms with Crippen molar-refractivity contribution in [2.24, 2.45) is 0 Å². The van der Waals surface area contributed by atoms with Gasteiger partial charge in [0.15, 0.2) is 0 Å². The Morgan fingerprint density at radius 3 is 2.45 bits per heavy atom. The number of anilines is 1. The first-order valence-electron chi connectivity index (χ1n) is 9.91. The second kappa shape index (κ2) is 8.43. The molecular weight excluding hydrogens is 416 g/mol. The molecule has 0 bridgehead atoms. The van der Waals surface area contributed by atoms with Crippen LogP contribution >= 0.6 is 11.3 Å².